The Balaban J connectivity index is 1.45. The molecule has 0 aliphatic heterocycles. The summed E-state index contributed by atoms with van der Waals surface area (Å²) in [4.78, 5) is 5.51. The fourth-order valence-electron chi connectivity index (χ4n) is 5.56. The van der Waals surface area contributed by atoms with Crippen LogP contribution in [0.5, 0.6) is 5.75 Å². The number of hydrogen-bond donors (Lipinski definition) is 1. The number of aromatic nitrogens is 2. The molecule has 3 aromatic carbocycles. The minimum absolute atomic E-state index is 0.0594. The Morgan fingerprint density at radius 2 is 1.64 bits per heavy atom. The summed E-state index contributed by atoms with van der Waals surface area (Å²) in [6.07, 6.45) is 5.10. The van der Waals surface area contributed by atoms with Crippen LogP contribution in [0.3, 0.4) is 0 Å². The van der Waals surface area contributed by atoms with Gasteiger partial charge in [0, 0.05) is 37.8 Å². The van der Waals surface area contributed by atoms with Crippen LogP contribution in [0.1, 0.15) is 49.8 Å². The highest BCUT2D eigenvalue weighted by atomic mass is 32.2. The summed E-state index contributed by atoms with van der Waals surface area (Å²) in [7, 11) is -3.28. The van der Waals surface area contributed by atoms with Gasteiger partial charge in [-0.15, -0.1) is 0 Å². The number of methoxy groups -OCH3 is 1. The van der Waals surface area contributed by atoms with E-state index in [9.17, 15) is 8.42 Å². The standard InChI is InChI=1S/C36H47N3O4SSi/c1-6-7-9-12-27-15-21-31(22-16-27)44(40,41)38-33-25-32(33)34-35(28-17-19-30(42-2)20-18-28)39(26-43-23-24-45(3,4)5)36(37-34)29-13-10-8-11-14-29/h8,10-11,13-22,32-33,38H,6-7,9,12,23-26H2,1-5H3. The van der Waals surface area contributed by atoms with Crippen LogP contribution >= 0.6 is 0 Å². The number of nitrogens with zero attached hydrogens (tertiary/aromatic N) is 2. The number of imidazole rings is 1. The molecule has 0 radical (unpaired) electrons. The van der Waals surface area contributed by atoms with E-state index < -0.39 is 18.1 Å². The van der Waals surface area contributed by atoms with Crippen molar-refractivity contribution in [2.45, 2.75) is 88.3 Å². The number of rotatable bonds is 16. The van der Waals surface area contributed by atoms with Crippen LogP contribution in [0.15, 0.2) is 83.8 Å². The number of aryl methyl sites for hydroxylation is 1. The number of nitrogens with one attached hydrogen (secondary N) is 1. The van der Waals surface area contributed by atoms with E-state index in [0.29, 0.717) is 24.7 Å². The molecule has 1 aliphatic carbocycles. The van der Waals surface area contributed by atoms with E-state index >= 15 is 0 Å². The summed E-state index contributed by atoms with van der Waals surface area (Å²) < 4.78 is 43.7. The van der Waals surface area contributed by atoms with Crippen LogP contribution in [0.4, 0.5) is 0 Å². The first-order valence-corrected chi connectivity index (χ1v) is 21.3. The quantitative estimate of drug-likeness (QED) is 0.0984. The molecule has 2 atom stereocenters. The fourth-order valence-corrected chi connectivity index (χ4v) is 7.61. The lowest BCUT2D eigenvalue weighted by molar-refractivity contribution is 0.0893. The molecule has 4 aromatic rings. The monoisotopic (exact) mass is 645 g/mol. The second-order valence-corrected chi connectivity index (χ2v) is 20.5. The van der Waals surface area contributed by atoms with Crippen molar-refractivity contribution in [3.05, 3.63) is 90.1 Å². The normalized spacial score (nSPS) is 16.6. The van der Waals surface area contributed by atoms with Gasteiger partial charge in [0.25, 0.3) is 0 Å². The maximum Gasteiger partial charge on any atom is 0.240 e. The van der Waals surface area contributed by atoms with Gasteiger partial charge in [-0.05, 0) is 67.3 Å². The summed E-state index contributed by atoms with van der Waals surface area (Å²) in [6.45, 7) is 10.3. The molecule has 9 heteroatoms. The number of sulfonamides is 1. The molecule has 0 amide bonds. The van der Waals surface area contributed by atoms with Gasteiger partial charge in [-0.25, -0.2) is 18.1 Å². The minimum Gasteiger partial charge on any atom is -0.497 e. The van der Waals surface area contributed by atoms with E-state index in [1.807, 2.05) is 54.6 Å². The molecular weight excluding hydrogens is 599 g/mol. The molecule has 1 saturated carbocycles. The van der Waals surface area contributed by atoms with Crippen molar-refractivity contribution in [1.29, 1.82) is 0 Å². The van der Waals surface area contributed by atoms with Gasteiger partial charge in [0.1, 0.15) is 18.3 Å². The van der Waals surface area contributed by atoms with E-state index in [-0.39, 0.29) is 12.0 Å². The molecular formula is C36H47N3O4SSi. The van der Waals surface area contributed by atoms with Gasteiger partial charge in [-0.3, -0.25) is 4.57 Å². The van der Waals surface area contributed by atoms with Crippen LogP contribution in [0.2, 0.25) is 25.7 Å². The predicted octanol–water partition coefficient (Wildman–Crippen LogP) is 8.11. The smallest absolute Gasteiger partial charge is 0.240 e. The Labute approximate surface area is 270 Å². The summed E-state index contributed by atoms with van der Waals surface area (Å²) in [6, 6.07) is 26.3. The highest BCUT2D eigenvalue weighted by Gasteiger charge is 2.45. The first-order chi connectivity index (χ1) is 21.6. The molecule has 2 unspecified atom stereocenters. The third-order valence-electron chi connectivity index (χ3n) is 8.36. The molecule has 1 aromatic heterocycles. The summed E-state index contributed by atoms with van der Waals surface area (Å²) in [5, 5.41) is 0. The maximum absolute atomic E-state index is 13.4. The van der Waals surface area contributed by atoms with Crippen molar-refractivity contribution in [2.75, 3.05) is 13.7 Å². The number of benzene rings is 3. The van der Waals surface area contributed by atoms with E-state index in [1.165, 1.54) is 12.0 Å². The first-order valence-electron chi connectivity index (χ1n) is 16.1. The molecule has 1 aliphatic rings. The largest absolute Gasteiger partial charge is 0.497 e. The summed E-state index contributed by atoms with van der Waals surface area (Å²) >= 11 is 0. The van der Waals surface area contributed by atoms with Crippen molar-refractivity contribution in [3.63, 3.8) is 0 Å². The van der Waals surface area contributed by atoms with Gasteiger partial charge in [-0.2, -0.15) is 0 Å². The van der Waals surface area contributed by atoms with E-state index in [1.54, 1.807) is 19.2 Å². The maximum atomic E-state index is 13.4. The zero-order valence-corrected chi connectivity index (χ0v) is 29.1. The van der Waals surface area contributed by atoms with Crippen LogP contribution in [-0.4, -0.2) is 45.8 Å². The predicted molar refractivity (Wildman–Crippen MR) is 185 cm³/mol. The van der Waals surface area contributed by atoms with Gasteiger partial charge < -0.3 is 9.47 Å². The number of unbranched alkanes of at least 4 members (excludes halogenated alkanes) is 2. The van der Waals surface area contributed by atoms with E-state index in [4.69, 9.17) is 14.5 Å². The van der Waals surface area contributed by atoms with Gasteiger partial charge >= 0.3 is 0 Å². The average molecular weight is 646 g/mol. The molecule has 0 spiro atoms. The Hall–Kier alpha value is -3.24. The fraction of sp³-hybridized carbons (Fsp3) is 0.417. The lowest BCUT2D eigenvalue weighted by Crippen LogP contribution is -2.27. The van der Waals surface area contributed by atoms with Gasteiger partial charge in [0.15, 0.2) is 0 Å². The van der Waals surface area contributed by atoms with Gasteiger partial charge in [-0.1, -0.05) is 81.9 Å². The van der Waals surface area contributed by atoms with E-state index in [2.05, 4.69) is 48.0 Å². The SMILES string of the molecule is CCCCCc1ccc(S(=O)(=O)NC2CC2c2nc(-c3ccccc3)n(COCC[Si](C)(C)C)c2-c2ccc(OC)cc2)cc1. The van der Waals surface area contributed by atoms with Crippen molar-refractivity contribution in [1.82, 2.24) is 14.3 Å². The van der Waals surface area contributed by atoms with Crippen LogP contribution < -0.4 is 9.46 Å². The lowest BCUT2D eigenvalue weighted by atomic mass is 10.1. The molecule has 240 valence electrons. The summed E-state index contributed by atoms with van der Waals surface area (Å²) in [5.41, 5.74) is 4.98. The van der Waals surface area contributed by atoms with Crippen molar-refractivity contribution < 1.29 is 17.9 Å². The number of ether oxygens (including phenoxy) is 2. The molecule has 1 N–H and O–H groups in total. The highest BCUT2D eigenvalue weighted by Crippen LogP contribution is 2.47. The molecule has 1 heterocycles. The number of hydrogen-bond acceptors (Lipinski definition) is 5. The Morgan fingerprint density at radius 3 is 2.29 bits per heavy atom. The highest BCUT2D eigenvalue weighted by molar-refractivity contribution is 7.89. The Kier molecular flexibility index (Phi) is 10.6. The molecule has 0 bridgehead atoms. The molecule has 0 saturated heterocycles. The van der Waals surface area contributed by atoms with Crippen LogP contribution in [-0.2, 0) is 27.9 Å². The van der Waals surface area contributed by atoms with Crippen LogP contribution in [0.25, 0.3) is 22.6 Å². The lowest BCUT2D eigenvalue weighted by Gasteiger charge is -2.18. The Bertz CT molecular complexity index is 1650. The molecule has 7 nitrogen and oxygen atoms in total. The Morgan fingerprint density at radius 1 is 0.933 bits per heavy atom. The third kappa shape index (κ3) is 8.52. The van der Waals surface area contributed by atoms with E-state index in [0.717, 1.165) is 59.4 Å². The third-order valence-corrected chi connectivity index (χ3v) is 11.6. The van der Waals surface area contributed by atoms with Crippen molar-refractivity contribution >= 4 is 18.1 Å². The second kappa shape index (κ2) is 14.5. The summed E-state index contributed by atoms with van der Waals surface area (Å²) in [5.74, 6) is 1.53. The van der Waals surface area contributed by atoms with Crippen molar-refractivity contribution in [3.8, 4) is 28.4 Å². The minimum atomic E-state index is -3.68. The molecule has 5 rings (SSSR count). The van der Waals surface area contributed by atoms with Gasteiger partial charge in [0.2, 0.25) is 10.0 Å². The van der Waals surface area contributed by atoms with Crippen molar-refractivity contribution in [2.24, 2.45) is 0 Å². The topological polar surface area (TPSA) is 82.5 Å². The first kappa shape index (κ1) is 33.1. The zero-order chi connectivity index (χ0) is 32.0. The molecule has 1 fully saturated rings. The zero-order valence-electron chi connectivity index (χ0n) is 27.3. The molecule has 45 heavy (non-hydrogen) atoms. The second-order valence-electron chi connectivity index (χ2n) is 13.2. The van der Waals surface area contributed by atoms with Crippen LogP contribution in [0, 0.1) is 0 Å². The van der Waals surface area contributed by atoms with Gasteiger partial charge in [0.05, 0.1) is 23.4 Å². The average Bonchev–Trinajstić information content (AvgIpc) is 3.67.